The number of carbonyl (C=O) groups excluding carboxylic acids is 3. The van der Waals surface area contributed by atoms with E-state index < -0.39 is 5.97 Å². The van der Waals surface area contributed by atoms with Gasteiger partial charge < -0.3 is 14.2 Å². The van der Waals surface area contributed by atoms with E-state index >= 15 is 0 Å². The molecule has 0 bridgehead atoms. The van der Waals surface area contributed by atoms with E-state index in [2.05, 4.69) is 0 Å². The van der Waals surface area contributed by atoms with Crippen molar-refractivity contribution in [1.82, 2.24) is 0 Å². The molecular weight excluding hydrogens is 444 g/mol. The molecule has 0 unspecified atom stereocenters. The van der Waals surface area contributed by atoms with Gasteiger partial charge in [-0.1, -0.05) is 36.4 Å². The van der Waals surface area contributed by atoms with E-state index in [-0.39, 0.29) is 17.9 Å². The number of hydrogen-bond donors (Lipinski definition) is 0. The molecule has 0 saturated heterocycles. The maximum Gasteiger partial charge on any atom is 0.337 e. The van der Waals surface area contributed by atoms with Gasteiger partial charge in [0.1, 0.15) is 11.5 Å². The standard InChI is InChI=1S/C29H30O6/c1-16-12-24(13-17(2)27(16)34-20(5)30)26(22-8-10-23(11-9-22)29(32)33-7)25-14-18(3)28(19(4)15-25)35-21(6)31/h8-15,26H,1-7H3. The van der Waals surface area contributed by atoms with Crippen molar-refractivity contribution in [2.45, 2.75) is 47.5 Å². The van der Waals surface area contributed by atoms with Crippen molar-refractivity contribution in [3.63, 3.8) is 0 Å². The minimum Gasteiger partial charge on any atom is -0.465 e. The first-order valence-corrected chi connectivity index (χ1v) is 11.3. The molecule has 3 aromatic carbocycles. The summed E-state index contributed by atoms with van der Waals surface area (Å²) in [6.45, 7) is 10.4. The van der Waals surface area contributed by atoms with Crippen LogP contribution in [0.5, 0.6) is 11.5 Å². The Labute approximate surface area is 205 Å². The maximum atomic E-state index is 12.0. The highest BCUT2D eigenvalue weighted by Crippen LogP contribution is 2.38. The third-order valence-electron chi connectivity index (χ3n) is 5.79. The van der Waals surface area contributed by atoms with E-state index in [0.29, 0.717) is 17.1 Å². The molecule has 6 heteroatoms. The van der Waals surface area contributed by atoms with Crippen molar-refractivity contribution in [2.24, 2.45) is 0 Å². The molecule has 0 aliphatic carbocycles. The van der Waals surface area contributed by atoms with Gasteiger partial charge in [0.25, 0.3) is 0 Å². The van der Waals surface area contributed by atoms with Gasteiger partial charge in [0.05, 0.1) is 12.7 Å². The van der Waals surface area contributed by atoms with Crippen LogP contribution in [0.25, 0.3) is 0 Å². The molecule has 0 N–H and O–H groups in total. The molecule has 0 saturated carbocycles. The van der Waals surface area contributed by atoms with E-state index in [1.165, 1.54) is 21.0 Å². The molecule has 3 rings (SSSR count). The van der Waals surface area contributed by atoms with Crippen molar-refractivity contribution in [3.05, 3.63) is 93.0 Å². The predicted octanol–water partition coefficient (Wildman–Crippen LogP) is 5.74. The molecule has 0 aromatic heterocycles. The van der Waals surface area contributed by atoms with Crippen LogP contribution in [0.15, 0.2) is 48.5 Å². The molecule has 0 spiro atoms. The molecule has 0 amide bonds. The second kappa shape index (κ2) is 10.6. The fraction of sp³-hybridized carbons (Fsp3) is 0.276. The molecule has 0 heterocycles. The van der Waals surface area contributed by atoms with Gasteiger partial charge in [-0.25, -0.2) is 4.79 Å². The zero-order valence-electron chi connectivity index (χ0n) is 21.1. The van der Waals surface area contributed by atoms with Crippen LogP contribution in [0.4, 0.5) is 0 Å². The Morgan fingerprint density at radius 1 is 0.629 bits per heavy atom. The molecule has 0 fully saturated rings. The van der Waals surface area contributed by atoms with Gasteiger partial charge in [-0.15, -0.1) is 0 Å². The van der Waals surface area contributed by atoms with E-state index in [1.807, 2.05) is 64.1 Å². The van der Waals surface area contributed by atoms with Crippen molar-refractivity contribution >= 4 is 17.9 Å². The minimum absolute atomic E-state index is 0.186. The van der Waals surface area contributed by atoms with E-state index in [9.17, 15) is 14.4 Å². The van der Waals surface area contributed by atoms with Crippen LogP contribution in [0.1, 0.15) is 69.1 Å². The minimum atomic E-state index is -0.400. The number of esters is 3. The summed E-state index contributed by atoms with van der Waals surface area (Å²) in [7, 11) is 1.35. The van der Waals surface area contributed by atoms with E-state index in [0.717, 1.165) is 38.9 Å². The summed E-state index contributed by atoms with van der Waals surface area (Å²) in [6.07, 6.45) is 0. The number of carbonyl (C=O) groups is 3. The fourth-order valence-corrected chi connectivity index (χ4v) is 4.42. The molecule has 182 valence electrons. The van der Waals surface area contributed by atoms with Crippen LogP contribution in [-0.2, 0) is 14.3 Å². The summed E-state index contributed by atoms with van der Waals surface area (Å²) in [5.74, 6) is -0.216. The average molecular weight is 475 g/mol. The van der Waals surface area contributed by atoms with Crippen LogP contribution in [-0.4, -0.2) is 25.0 Å². The van der Waals surface area contributed by atoms with Gasteiger partial charge in [0.15, 0.2) is 0 Å². The van der Waals surface area contributed by atoms with Crippen LogP contribution in [0.3, 0.4) is 0 Å². The third kappa shape index (κ3) is 5.77. The topological polar surface area (TPSA) is 78.9 Å². The smallest absolute Gasteiger partial charge is 0.337 e. The summed E-state index contributed by atoms with van der Waals surface area (Å²) in [6, 6.07) is 15.3. The number of rotatable bonds is 6. The lowest BCUT2D eigenvalue weighted by Gasteiger charge is -2.23. The molecule has 0 aliphatic heterocycles. The van der Waals surface area contributed by atoms with Crippen molar-refractivity contribution in [3.8, 4) is 11.5 Å². The number of hydrogen-bond acceptors (Lipinski definition) is 6. The van der Waals surface area contributed by atoms with Crippen molar-refractivity contribution < 1.29 is 28.6 Å². The van der Waals surface area contributed by atoms with Crippen LogP contribution in [0, 0.1) is 27.7 Å². The second-order valence-electron chi connectivity index (χ2n) is 8.70. The fourth-order valence-electron chi connectivity index (χ4n) is 4.42. The summed E-state index contributed by atoms with van der Waals surface area (Å²) in [5, 5.41) is 0. The Morgan fingerprint density at radius 3 is 1.31 bits per heavy atom. The normalized spacial score (nSPS) is 10.7. The Morgan fingerprint density at radius 2 is 1.00 bits per heavy atom. The van der Waals surface area contributed by atoms with Crippen LogP contribution < -0.4 is 9.47 Å². The third-order valence-corrected chi connectivity index (χ3v) is 5.79. The Balaban J connectivity index is 2.20. The van der Waals surface area contributed by atoms with E-state index in [1.54, 1.807) is 12.1 Å². The zero-order chi connectivity index (χ0) is 25.9. The van der Waals surface area contributed by atoms with Gasteiger partial charge in [0, 0.05) is 19.8 Å². The Bertz CT molecular complexity index is 1170. The monoisotopic (exact) mass is 474 g/mol. The maximum absolute atomic E-state index is 12.0. The largest absolute Gasteiger partial charge is 0.465 e. The molecule has 6 nitrogen and oxygen atoms in total. The molecular formula is C29H30O6. The summed E-state index contributed by atoms with van der Waals surface area (Å²) in [5.41, 5.74) is 6.81. The predicted molar refractivity (Wildman–Crippen MR) is 133 cm³/mol. The van der Waals surface area contributed by atoms with E-state index in [4.69, 9.17) is 14.2 Å². The highest BCUT2D eigenvalue weighted by Gasteiger charge is 2.22. The molecule has 0 radical (unpaired) electrons. The lowest BCUT2D eigenvalue weighted by Crippen LogP contribution is -2.10. The number of ether oxygens (including phenoxy) is 3. The van der Waals surface area contributed by atoms with Crippen molar-refractivity contribution in [1.29, 1.82) is 0 Å². The second-order valence-corrected chi connectivity index (χ2v) is 8.70. The Hall–Kier alpha value is -3.93. The van der Waals surface area contributed by atoms with Gasteiger partial charge in [-0.3, -0.25) is 9.59 Å². The number of methoxy groups -OCH3 is 1. The highest BCUT2D eigenvalue weighted by atomic mass is 16.5. The summed E-state index contributed by atoms with van der Waals surface area (Å²) >= 11 is 0. The SMILES string of the molecule is COC(=O)c1ccc(C(c2cc(C)c(OC(C)=O)c(C)c2)c2cc(C)c(OC(C)=O)c(C)c2)cc1. The molecule has 35 heavy (non-hydrogen) atoms. The number of aryl methyl sites for hydroxylation is 4. The Kier molecular flexibility index (Phi) is 7.75. The lowest BCUT2D eigenvalue weighted by atomic mass is 9.82. The molecule has 0 atom stereocenters. The van der Waals surface area contributed by atoms with Crippen LogP contribution >= 0.6 is 0 Å². The first-order chi connectivity index (χ1) is 16.5. The first-order valence-electron chi connectivity index (χ1n) is 11.3. The quantitative estimate of drug-likeness (QED) is 0.258. The van der Waals surface area contributed by atoms with Gasteiger partial charge in [-0.2, -0.15) is 0 Å². The summed E-state index contributed by atoms with van der Waals surface area (Å²) in [4.78, 5) is 35.1. The van der Waals surface area contributed by atoms with Gasteiger partial charge in [-0.05, 0) is 78.8 Å². The number of benzene rings is 3. The van der Waals surface area contributed by atoms with Gasteiger partial charge >= 0.3 is 17.9 Å². The zero-order valence-corrected chi connectivity index (χ0v) is 21.1. The molecule has 0 aliphatic rings. The lowest BCUT2D eigenvalue weighted by molar-refractivity contribution is -0.132. The average Bonchev–Trinajstić information content (AvgIpc) is 2.78. The first kappa shape index (κ1) is 25.7. The highest BCUT2D eigenvalue weighted by molar-refractivity contribution is 5.89. The summed E-state index contributed by atoms with van der Waals surface area (Å²) < 4.78 is 15.7. The molecule has 3 aromatic rings. The van der Waals surface area contributed by atoms with Crippen LogP contribution in [0.2, 0.25) is 0 Å². The van der Waals surface area contributed by atoms with Crippen molar-refractivity contribution in [2.75, 3.05) is 7.11 Å². The van der Waals surface area contributed by atoms with Gasteiger partial charge in [0.2, 0.25) is 0 Å².